The molecule has 21 heavy (non-hydrogen) atoms. The fourth-order valence-electron chi connectivity index (χ4n) is 1.98. The summed E-state index contributed by atoms with van der Waals surface area (Å²) in [6, 6.07) is 9.43. The van der Waals surface area contributed by atoms with Crippen LogP contribution >= 0.6 is 0 Å². The summed E-state index contributed by atoms with van der Waals surface area (Å²) in [7, 11) is 1.50. The van der Waals surface area contributed by atoms with Gasteiger partial charge in [-0.1, -0.05) is 18.2 Å². The van der Waals surface area contributed by atoms with Crippen LogP contribution in [-0.2, 0) is 11.2 Å². The first kappa shape index (κ1) is 15.3. The van der Waals surface area contributed by atoms with Crippen molar-refractivity contribution in [2.75, 3.05) is 26.8 Å². The third kappa shape index (κ3) is 4.77. The Morgan fingerprint density at radius 2 is 2.19 bits per heavy atom. The second-order valence-electron chi connectivity index (χ2n) is 4.75. The molecule has 0 radical (unpaired) electrons. The van der Waals surface area contributed by atoms with Crippen molar-refractivity contribution in [1.82, 2.24) is 10.6 Å². The van der Waals surface area contributed by atoms with E-state index in [1.807, 2.05) is 30.3 Å². The van der Waals surface area contributed by atoms with Crippen LogP contribution in [0.4, 0.5) is 4.79 Å². The quantitative estimate of drug-likeness (QED) is 0.718. The maximum Gasteiger partial charge on any atom is 0.314 e. The van der Waals surface area contributed by atoms with E-state index in [0.717, 1.165) is 16.7 Å². The monoisotopic (exact) mass is 292 g/mol. The Morgan fingerprint density at radius 3 is 2.95 bits per heavy atom. The lowest BCUT2D eigenvalue weighted by molar-refractivity contribution is 0.0660. The van der Waals surface area contributed by atoms with Crippen LogP contribution < -0.4 is 10.6 Å². The summed E-state index contributed by atoms with van der Waals surface area (Å²) in [6.45, 7) is 0.815. The maximum atomic E-state index is 11.5. The number of nitrogens with one attached hydrogen (secondary N) is 2. The molecule has 0 fully saturated rings. The van der Waals surface area contributed by atoms with Gasteiger partial charge in [-0.25, -0.2) is 4.79 Å². The van der Waals surface area contributed by atoms with Crippen molar-refractivity contribution in [2.45, 2.75) is 12.5 Å². The number of urea groups is 1. The molecule has 3 N–H and O–H groups in total. The van der Waals surface area contributed by atoms with Crippen LogP contribution in [0.1, 0.15) is 5.76 Å². The highest BCUT2D eigenvalue weighted by Gasteiger charge is 2.07. The molecule has 1 unspecified atom stereocenters. The molecule has 0 aliphatic rings. The lowest BCUT2D eigenvalue weighted by atomic mass is 10.2. The number of amides is 2. The summed E-state index contributed by atoms with van der Waals surface area (Å²) in [5.74, 6) is 0.830. The van der Waals surface area contributed by atoms with E-state index in [1.165, 1.54) is 7.11 Å². The first-order valence-electron chi connectivity index (χ1n) is 6.85. The zero-order chi connectivity index (χ0) is 15.1. The zero-order valence-electron chi connectivity index (χ0n) is 12.0. The number of furan rings is 1. The van der Waals surface area contributed by atoms with E-state index in [2.05, 4.69) is 10.6 Å². The lowest BCUT2D eigenvalue weighted by Crippen LogP contribution is -2.41. The number of aliphatic hydroxyl groups is 1. The highest BCUT2D eigenvalue weighted by molar-refractivity contribution is 5.77. The topological polar surface area (TPSA) is 83.7 Å². The molecule has 0 saturated carbocycles. The minimum absolute atomic E-state index is 0.157. The highest BCUT2D eigenvalue weighted by atomic mass is 16.5. The molecule has 2 aromatic rings. The van der Waals surface area contributed by atoms with Gasteiger partial charge in [0.15, 0.2) is 0 Å². The van der Waals surface area contributed by atoms with Crippen LogP contribution in [0.2, 0.25) is 0 Å². The van der Waals surface area contributed by atoms with Crippen molar-refractivity contribution in [1.29, 1.82) is 0 Å². The minimum Gasteiger partial charge on any atom is -0.461 e. The van der Waals surface area contributed by atoms with E-state index >= 15 is 0 Å². The van der Waals surface area contributed by atoms with Gasteiger partial charge in [-0.3, -0.25) is 0 Å². The summed E-state index contributed by atoms with van der Waals surface area (Å²) in [6.07, 6.45) is -0.0842. The summed E-state index contributed by atoms with van der Waals surface area (Å²) in [5.41, 5.74) is 0.847. The normalized spacial score (nSPS) is 12.3. The Morgan fingerprint density at radius 1 is 1.38 bits per heavy atom. The molecule has 1 atom stereocenters. The molecule has 1 aromatic carbocycles. The number of methoxy groups -OCH3 is 1. The predicted octanol–water partition coefficient (Wildman–Crippen LogP) is 1.28. The number of rotatable bonds is 7. The van der Waals surface area contributed by atoms with Gasteiger partial charge in [-0.15, -0.1) is 0 Å². The van der Waals surface area contributed by atoms with Gasteiger partial charge in [0.05, 0.1) is 12.7 Å². The number of benzene rings is 1. The van der Waals surface area contributed by atoms with E-state index in [0.29, 0.717) is 13.0 Å². The molecule has 0 aliphatic carbocycles. The fraction of sp³-hybridized carbons (Fsp3) is 0.400. The largest absolute Gasteiger partial charge is 0.461 e. The average Bonchev–Trinajstić information content (AvgIpc) is 2.88. The number of carbonyl (C=O) groups excluding carboxylic acids is 1. The molecule has 6 heteroatoms. The van der Waals surface area contributed by atoms with Gasteiger partial charge in [-0.05, 0) is 12.1 Å². The number of hydrogen-bond acceptors (Lipinski definition) is 4. The Hall–Kier alpha value is -2.05. The van der Waals surface area contributed by atoms with Crippen molar-refractivity contribution in [3.63, 3.8) is 0 Å². The average molecular weight is 292 g/mol. The SMILES string of the molecule is COCC(O)CNC(=O)NCCc1cc2ccccc2o1. The molecular formula is C15H20N2O4. The number of hydrogen-bond donors (Lipinski definition) is 3. The maximum absolute atomic E-state index is 11.5. The van der Waals surface area contributed by atoms with Gasteiger partial charge >= 0.3 is 6.03 Å². The third-order valence-electron chi connectivity index (χ3n) is 2.99. The predicted molar refractivity (Wildman–Crippen MR) is 79.2 cm³/mol. The molecule has 114 valence electrons. The van der Waals surface area contributed by atoms with E-state index in [-0.39, 0.29) is 19.2 Å². The first-order valence-corrected chi connectivity index (χ1v) is 6.85. The molecule has 0 saturated heterocycles. The van der Waals surface area contributed by atoms with Crippen molar-refractivity contribution >= 4 is 17.0 Å². The van der Waals surface area contributed by atoms with Crippen LogP contribution in [0, 0.1) is 0 Å². The van der Waals surface area contributed by atoms with Gasteiger partial charge in [0.25, 0.3) is 0 Å². The first-order chi connectivity index (χ1) is 10.2. The lowest BCUT2D eigenvalue weighted by Gasteiger charge is -2.11. The molecule has 2 amide bonds. The van der Waals surface area contributed by atoms with E-state index < -0.39 is 6.10 Å². The van der Waals surface area contributed by atoms with Crippen LogP contribution in [0.3, 0.4) is 0 Å². The van der Waals surface area contributed by atoms with Gasteiger partial charge < -0.3 is 24.9 Å². The van der Waals surface area contributed by atoms with Crippen LogP contribution in [-0.4, -0.2) is 44.0 Å². The molecule has 1 aromatic heterocycles. The molecule has 0 bridgehead atoms. The second-order valence-corrected chi connectivity index (χ2v) is 4.75. The molecule has 0 aliphatic heterocycles. The van der Waals surface area contributed by atoms with Crippen molar-refractivity contribution in [3.8, 4) is 0 Å². The van der Waals surface area contributed by atoms with Crippen LogP contribution in [0.25, 0.3) is 11.0 Å². The third-order valence-corrected chi connectivity index (χ3v) is 2.99. The Bertz CT molecular complexity index is 549. The molecule has 2 rings (SSSR count). The molecule has 0 spiro atoms. The minimum atomic E-state index is -0.698. The van der Waals surface area contributed by atoms with E-state index in [9.17, 15) is 9.90 Å². The molecule has 6 nitrogen and oxygen atoms in total. The van der Waals surface area contributed by atoms with Crippen LogP contribution in [0.5, 0.6) is 0 Å². The van der Waals surface area contributed by atoms with Gasteiger partial charge in [0, 0.05) is 32.0 Å². The summed E-state index contributed by atoms with van der Waals surface area (Å²) in [5, 5.41) is 15.7. The molecule has 1 heterocycles. The number of aliphatic hydroxyl groups excluding tert-OH is 1. The van der Waals surface area contributed by atoms with Crippen molar-refractivity contribution in [3.05, 3.63) is 36.1 Å². The van der Waals surface area contributed by atoms with E-state index in [4.69, 9.17) is 9.15 Å². The van der Waals surface area contributed by atoms with Gasteiger partial charge in [0.2, 0.25) is 0 Å². The fourth-order valence-corrected chi connectivity index (χ4v) is 1.98. The van der Waals surface area contributed by atoms with Crippen LogP contribution in [0.15, 0.2) is 34.7 Å². The second kappa shape index (κ2) is 7.66. The molecular weight excluding hydrogens is 272 g/mol. The van der Waals surface area contributed by atoms with Gasteiger partial charge in [0.1, 0.15) is 11.3 Å². The Balaban J connectivity index is 1.70. The van der Waals surface area contributed by atoms with E-state index in [1.54, 1.807) is 0 Å². The van der Waals surface area contributed by atoms with Crippen molar-refractivity contribution in [2.24, 2.45) is 0 Å². The highest BCUT2D eigenvalue weighted by Crippen LogP contribution is 2.18. The summed E-state index contributed by atoms with van der Waals surface area (Å²) < 4.78 is 10.4. The van der Waals surface area contributed by atoms with Crippen molar-refractivity contribution < 1.29 is 19.1 Å². The number of ether oxygens (including phenoxy) is 1. The Kier molecular flexibility index (Phi) is 5.59. The Labute approximate surface area is 123 Å². The smallest absolute Gasteiger partial charge is 0.314 e. The number of fused-ring (bicyclic) bond motifs is 1. The number of para-hydroxylation sites is 1. The number of carbonyl (C=O) groups is 1. The zero-order valence-corrected chi connectivity index (χ0v) is 12.0. The standard InChI is InChI=1S/C15H20N2O4/c1-20-10-12(18)9-17-15(19)16-7-6-13-8-11-4-2-3-5-14(11)21-13/h2-5,8,12,18H,6-7,9-10H2,1H3,(H2,16,17,19). The summed E-state index contributed by atoms with van der Waals surface area (Å²) in [4.78, 5) is 11.5. The summed E-state index contributed by atoms with van der Waals surface area (Å²) >= 11 is 0. The van der Waals surface area contributed by atoms with Gasteiger partial charge in [-0.2, -0.15) is 0 Å².